The Morgan fingerprint density at radius 3 is 2.79 bits per heavy atom. The zero-order valence-electron chi connectivity index (χ0n) is 15.2. The van der Waals surface area contributed by atoms with Gasteiger partial charge in [0.2, 0.25) is 0 Å². The summed E-state index contributed by atoms with van der Waals surface area (Å²) in [5.41, 5.74) is 0.584. The SMILES string of the molecule is CC(C)N1C[C@H](C)OC2(CCN(CCc3ncccc3F)CC2)C1. The summed E-state index contributed by atoms with van der Waals surface area (Å²) in [5, 5.41) is 0. The van der Waals surface area contributed by atoms with Crippen LogP contribution in [0.5, 0.6) is 0 Å². The van der Waals surface area contributed by atoms with E-state index in [9.17, 15) is 4.39 Å². The molecule has 1 atom stereocenters. The van der Waals surface area contributed by atoms with Gasteiger partial charge in [-0.1, -0.05) is 0 Å². The average molecular weight is 335 g/mol. The number of ether oxygens (including phenoxy) is 1. The topological polar surface area (TPSA) is 28.6 Å². The number of morpholine rings is 1. The lowest BCUT2D eigenvalue weighted by molar-refractivity contribution is -0.174. The zero-order chi connectivity index (χ0) is 17.2. The van der Waals surface area contributed by atoms with Gasteiger partial charge in [0, 0.05) is 51.4 Å². The third kappa shape index (κ3) is 4.13. The number of hydrogen-bond donors (Lipinski definition) is 0. The van der Waals surface area contributed by atoms with Crippen molar-refractivity contribution < 1.29 is 9.13 Å². The van der Waals surface area contributed by atoms with Crippen LogP contribution in [0, 0.1) is 5.82 Å². The first-order valence-corrected chi connectivity index (χ1v) is 9.21. The molecule has 1 aromatic heterocycles. The molecule has 1 aromatic rings. The molecule has 0 bridgehead atoms. The molecule has 3 heterocycles. The summed E-state index contributed by atoms with van der Waals surface area (Å²) in [6.07, 6.45) is 4.77. The molecule has 4 nitrogen and oxygen atoms in total. The lowest BCUT2D eigenvalue weighted by Gasteiger charge is -2.50. The van der Waals surface area contributed by atoms with Crippen molar-refractivity contribution in [2.45, 2.75) is 57.8 Å². The van der Waals surface area contributed by atoms with Crippen molar-refractivity contribution in [3.63, 3.8) is 0 Å². The second kappa shape index (κ2) is 7.46. The fourth-order valence-corrected chi connectivity index (χ4v) is 3.99. The van der Waals surface area contributed by atoms with E-state index in [0.717, 1.165) is 45.6 Å². The zero-order valence-corrected chi connectivity index (χ0v) is 15.2. The number of pyridine rings is 1. The summed E-state index contributed by atoms with van der Waals surface area (Å²) in [6.45, 7) is 11.7. The highest BCUT2D eigenvalue weighted by atomic mass is 19.1. The van der Waals surface area contributed by atoms with Gasteiger partial charge in [-0.3, -0.25) is 9.88 Å². The average Bonchev–Trinajstić information content (AvgIpc) is 2.55. The lowest BCUT2D eigenvalue weighted by atomic mass is 9.88. The van der Waals surface area contributed by atoms with E-state index in [4.69, 9.17) is 4.74 Å². The van der Waals surface area contributed by atoms with Gasteiger partial charge in [-0.05, 0) is 45.7 Å². The van der Waals surface area contributed by atoms with Crippen LogP contribution >= 0.6 is 0 Å². The summed E-state index contributed by atoms with van der Waals surface area (Å²) in [5.74, 6) is -0.192. The van der Waals surface area contributed by atoms with Crippen molar-refractivity contribution in [3.05, 3.63) is 29.8 Å². The van der Waals surface area contributed by atoms with Gasteiger partial charge < -0.3 is 9.64 Å². The number of halogens is 1. The minimum absolute atomic E-state index is 0.00861. The smallest absolute Gasteiger partial charge is 0.144 e. The quantitative estimate of drug-likeness (QED) is 0.846. The maximum atomic E-state index is 13.7. The molecule has 0 N–H and O–H groups in total. The predicted octanol–water partition coefficient (Wildman–Crippen LogP) is 2.73. The van der Waals surface area contributed by atoms with E-state index in [0.29, 0.717) is 24.3 Å². The summed E-state index contributed by atoms with van der Waals surface area (Å²) in [6, 6.07) is 3.70. The summed E-state index contributed by atoms with van der Waals surface area (Å²) in [7, 11) is 0. The van der Waals surface area contributed by atoms with Gasteiger partial charge in [-0.15, -0.1) is 0 Å². The second-order valence-electron chi connectivity index (χ2n) is 7.66. The Morgan fingerprint density at radius 1 is 1.38 bits per heavy atom. The normalized spacial score (nSPS) is 25.5. The number of hydrogen-bond acceptors (Lipinski definition) is 4. The van der Waals surface area contributed by atoms with Crippen LogP contribution in [0.2, 0.25) is 0 Å². The van der Waals surface area contributed by atoms with E-state index in [-0.39, 0.29) is 11.4 Å². The molecular weight excluding hydrogens is 305 g/mol. The third-order valence-corrected chi connectivity index (χ3v) is 5.43. The van der Waals surface area contributed by atoms with Crippen LogP contribution in [0.15, 0.2) is 18.3 Å². The van der Waals surface area contributed by atoms with E-state index in [1.54, 1.807) is 12.3 Å². The van der Waals surface area contributed by atoms with Crippen molar-refractivity contribution in [2.75, 3.05) is 32.7 Å². The number of aromatic nitrogens is 1. The molecule has 2 aliphatic rings. The Bertz CT molecular complexity index is 543. The number of nitrogens with zero attached hydrogens (tertiary/aromatic N) is 3. The van der Waals surface area contributed by atoms with E-state index < -0.39 is 0 Å². The molecule has 5 heteroatoms. The molecule has 134 valence electrons. The first-order chi connectivity index (χ1) is 11.5. The molecule has 0 saturated carbocycles. The van der Waals surface area contributed by atoms with Crippen molar-refractivity contribution >= 4 is 0 Å². The minimum Gasteiger partial charge on any atom is -0.369 e. The maximum absolute atomic E-state index is 13.7. The van der Waals surface area contributed by atoms with E-state index in [1.165, 1.54) is 6.07 Å². The monoisotopic (exact) mass is 335 g/mol. The Morgan fingerprint density at radius 2 is 2.12 bits per heavy atom. The van der Waals surface area contributed by atoms with Crippen LogP contribution < -0.4 is 0 Å². The number of likely N-dealkylation sites (tertiary alicyclic amines) is 1. The van der Waals surface area contributed by atoms with E-state index in [1.807, 2.05) is 0 Å². The van der Waals surface area contributed by atoms with Gasteiger partial charge in [0.05, 0.1) is 17.4 Å². The van der Waals surface area contributed by atoms with Gasteiger partial charge in [0.15, 0.2) is 0 Å². The van der Waals surface area contributed by atoms with E-state index >= 15 is 0 Å². The fraction of sp³-hybridized carbons (Fsp3) is 0.737. The molecule has 0 aliphatic carbocycles. The van der Waals surface area contributed by atoms with Crippen LogP contribution in [-0.4, -0.2) is 65.3 Å². The second-order valence-corrected chi connectivity index (χ2v) is 7.66. The molecular formula is C19H30FN3O. The summed E-state index contributed by atoms with van der Waals surface area (Å²) < 4.78 is 20.1. The van der Waals surface area contributed by atoms with Crippen LogP contribution in [0.4, 0.5) is 4.39 Å². The number of piperidine rings is 1. The molecule has 24 heavy (non-hydrogen) atoms. The van der Waals surface area contributed by atoms with E-state index in [2.05, 4.69) is 35.6 Å². The molecule has 0 aromatic carbocycles. The highest BCUT2D eigenvalue weighted by molar-refractivity contribution is 5.07. The van der Waals surface area contributed by atoms with Crippen molar-refractivity contribution in [3.8, 4) is 0 Å². The minimum atomic E-state index is -0.192. The van der Waals surface area contributed by atoms with Gasteiger partial charge in [0.25, 0.3) is 0 Å². The van der Waals surface area contributed by atoms with Gasteiger partial charge in [-0.25, -0.2) is 4.39 Å². The highest BCUT2D eigenvalue weighted by Gasteiger charge is 2.42. The largest absolute Gasteiger partial charge is 0.369 e. The van der Waals surface area contributed by atoms with Gasteiger partial charge in [0.1, 0.15) is 5.82 Å². The first-order valence-electron chi connectivity index (χ1n) is 9.21. The Kier molecular flexibility index (Phi) is 5.52. The molecule has 2 saturated heterocycles. The van der Waals surface area contributed by atoms with Crippen molar-refractivity contribution in [2.24, 2.45) is 0 Å². The molecule has 0 unspecified atom stereocenters. The van der Waals surface area contributed by atoms with Crippen LogP contribution in [-0.2, 0) is 11.2 Å². The predicted molar refractivity (Wildman–Crippen MR) is 93.6 cm³/mol. The molecule has 0 amide bonds. The molecule has 2 aliphatic heterocycles. The third-order valence-electron chi connectivity index (χ3n) is 5.43. The maximum Gasteiger partial charge on any atom is 0.144 e. The van der Waals surface area contributed by atoms with Crippen LogP contribution in [0.3, 0.4) is 0 Å². The summed E-state index contributed by atoms with van der Waals surface area (Å²) in [4.78, 5) is 9.12. The Balaban J connectivity index is 1.52. The Hall–Kier alpha value is -1.04. The first kappa shape index (κ1) is 17.8. The van der Waals surface area contributed by atoms with Crippen molar-refractivity contribution in [1.29, 1.82) is 0 Å². The van der Waals surface area contributed by atoms with Crippen LogP contribution in [0.1, 0.15) is 39.3 Å². The van der Waals surface area contributed by atoms with Crippen molar-refractivity contribution in [1.82, 2.24) is 14.8 Å². The molecule has 2 fully saturated rings. The van der Waals surface area contributed by atoms with Gasteiger partial charge in [-0.2, -0.15) is 0 Å². The Labute approximate surface area is 145 Å². The molecule has 1 spiro atoms. The molecule has 0 radical (unpaired) electrons. The summed E-state index contributed by atoms with van der Waals surface area (Å²) >= 11 is 0. The number of rotatable bonds is 4. The lowest BCUT2D eigenvalue weighted by Crippen LogP contribution is -2.60. The standard InChI is InChI=1S/C19H30FN3O/c1-15(2)23-13-16(3)24-19(14-23)7-11-22(12-8-19)10-6-18-17(20)5-4-9-21-18/h4-5,9,15-16H,6-8,10-14H2,1-3H3/t16-/m0/s1. The highest BCUT2D eigenvalue weighted by Crippen LogP contribution is 2.33. The fourth-order valence-electron chi connectivity index (χ4n) is 3.99. The van der Waals surface area contributed by atoms with Crippen LogP contribution in [0.25, 0.3) is 0 Å². The molecule has 3 rings (SSSR count). The van der Waals surface area contributed by atoms with Gasteiger partial charge >= 0.3 is 0 Å².